The molecule has 0 saturated carbocycles. The average Bonchev–Trinajstić information content (AvgIpc) is 2.21. The van der Waals surface area contributed by atoms with Crippen molar-refractivity contribution >= 4 is 5.91 Å². The summed E-state index contributed by atoms with van der Waals surface area (Å²) < 4.78 is 5.49. The second-order valence-electron chi connectivity index (χ2n) is 4.05. The molecule has 0 aromatic heterocycles. The molecule has 0 aliphatic carbocycles. The molecule has 1 aliphatic heterocycles. The van der Waals surface area contributed by atoms with Crippen LogP contribution in [0.3, 0.4) is 0 Å². The number of amides is 1. The summed E-state index contributed by atoms with van der Waals surface area (Å²) >= 11 is 0. The minimum Gasteiger partial charge on any atom is -0.390 e. The third-order valence-electron chi connectivity index (χ3n) is 2.77. The van der Waals surface area contributed by atoms with Crippen LogP contribution in [0.1, 0.15) is 20.3 Å². The van der Waals surface area contributed by atoms with Crippen molar-refractivity contribution in [2.45, 2.75) is 44.8 Å². The van der Waals surface area contributed by atoms with E-state index in [-0.39, 0.29) is 12.3 Å². The molecule has 2 N–H and O–H groups in total. The monoisotopic (exact) mass is 229 g/mol. The van der Waals surface area contributed by atoms with Gasteiger partial charge < -0.3 is 19.8 Å². The van der Waals surface area contributed by atoms with Gasteiger partial charge in [0.05, 0.1) is 12.2 Å². The third-order valence-corrected chi connectivity index (χ3v) is 2.77. The highest BCUT2D eigenvalue weighted by Crippen LogP contribution is 2.22. The van der Waals surface area contributed by atoms with Crippen LogP contribution in [0, 0.1) is 0 Å². The lowest BCUT2D eigenvalue weighted by Gasteiger charge is -2.40. The predicted octanol–water partition coefficient (Wildman–Crippen LogP) is -0.122. The molecule has 16 heavy (non-hydrogen) atoms. The molecule has 1 rings (SSSR count). The summed E-state index contributed by atoms with van der Waals surface area (Å²) in [6.07, 6.45) is -0.912. The first-order valence-corrected chi connectivity index (χ1v) is 5.37. The number of rotatable bonds is 3. The quantitative estimate of drug-likeness (QED) is 0.662. The lowest BCUT2D eigenvalue weighted by Crippen LogP contribution is -2.53. The average molecular weight is 229 g/mol. The highest BCUT2D eigenvalue weighted by molar-refractivity contribution is 5.73. The molecule has 5 nitrogen and oxygen atoms in total. The largest absolute Gasteiger partial charge is 0.390 e. The Kier molecular flexibility index (Phi) is 4.46. The standard InChI is InChI=1S/C11H19NO4/c1-4-5-12(8(3)13)10-6-9(14)11(15)7(2)16-10/h4,7,9-11,14-15H,1,5-6H2,2-3H3/t7?,9-,10+,11-/m1/s1. The van der Waals surface area contributed by atoms with Crippen molar-refractivity contribution < 1.29 is 19.7 Å². The van der Waals surface area contributed by atoms with Crippen LogP contribution in [-0.2, 0) is 9.53 Å². The minimum absolute atomic E-state index is 0.138. The molecule has 1 fully saturated rings. The number of hydrogen-bond acceptors (Lipinski definition) is 4. The number of ether oxygens (including phenoxy) is 1. The Morgan fingerprint density at radius 3 is 2.69 bits per heavy atom. The molecule has 0 aromatic carbocycles. The molecule has 92 valence electrons. The van der Waals surface area contributed by atoms with Gasteiger partial charge in [0, 0.05) is 19.9 Å². The zero-order valence-electron chi connectivity index (χ0n) is 9.67. The summed E-state index contributed by atoms with van der Waals surface area (Å²) in [5, 5.41) is 19.1. The Balaban J connectivity index is 2.71. The van der Waals surface area contributed by atoms with Gasteiger partial charge in [-0.2, -0.15) is 0 Å². The smallest absolute Gasteiger partial charge is 0.221 e. The van der Waals surface area contributed by atoms with Gasteiger partial charge in [-0.15, -0.1) is 6.58 Å². The van der Waals surface area contributed by atoms with Gasteiger partial charge in [-0.3, -0.25) is 4.79 Å². The van der Waals surface area contributed by atoms with E-state index in [2.05, 4.69) is 6.58 Å². The molecule has 0 spiro atoms. The molecule has 0 bridgehead atoms. The van der Waals surface area contributed by atoms with Crippen LogP contribution in [0.25, 0.3) is 0 Å². The van der Waals surface area contributed by atoms with Crippen LogP contribution in [-0.4, -0.2) is 52.1 Å². The van der Waals surface area contributed by atoms with Crippen molar-refractivity contribution in [1.29, 1.82) is 0 Å². The fourth-order valence-corrected chi connectivity index (χ4v) is 1.83. The van der Waals surface area contributed by atoms with E-state index in [1.807, 2.05) is 0 Å². The number of carbonyl (C=O) groups is 1. The van der Waals surface area contributed by atoms with Gasteiger partial charge in [-0.05, 0) is 6.92 Å². The molecule has 1 unspecified atom stereocenters. The van der Waals surface area contributed by atoms with Crippen LogP contribution < -0.4 is 0 Å². The predicted molar refractivity (Wildman–Crippen MR) is 58.5 cm³/mol. The normalized spacial score (nSPS) is 34.5. The Morgan fingerprint density at radius 2 is 2.25 bits per heavy atom. The van der Waals surface area contributed by atoms with E-state index in [9.17, 15) is 15.0 Å². The Bertz CT molecular complexity index is 257. The lowest BCUT2D eigenvalue weighted by atomic mass is 10.0. The van der Waals surface area contributed by atoms with E-state index < -0.39 is 24.5 Å². The first kappa shape index (κ1) is 13.2. The first-order valence-electron chi connectivity index (χ1n) is 5.37. The highest BCUT2D eigenvalue weighted by atomic mass is 16.5. The SMILES string of the molecule is C=CCN(C(C)=O)[C@@H]1C[C@@H](O)[C@H](O)C(C)O1. The molecule has 0 aromatic rings. The van der Waals surface area contributed by atoms with Gasteiger partial charge in [0.25, 0.3) is 0 Å². The maximum atomic E-state index is 11.4. The van der Waals surface area contributed by atoms with E-state index in [1.165, 1.54) is 11.8 Å². The van der Waals surface area contributed by atoms with E-state index in [0.29, 0.717) is 6.54 Å². The summed E-state index contributed by atoms with van der Waals surface area (Å²) in [4.78, 5) is 12.9. The van der Waals surface area contributed by atoms with Gasteiger partial charge in [0.2, 0.25) is 5.91 Å². The second-order valence-corrected chi connectivity index (χ2v) is 4.05. The van der Waals surface area contributed by atoms with Gasteiger partial charge >= 0.3 is 0 Å². The van der Waals surface area contributed by atoms with Crippen LogP contribution in [0.4, 0.5) is 0 Å². The van der Waals surface area contributed by atoms with Gasteiger partial charge in [-0.25, -0.2) is 0 Å². The maximum absolute atomic E-state index is 11.4. The first-order chi connectivity index (χ1) is 7.47. The molecule has 1 saturated heterocycles. The molecular weight excluding hydrogens is 210 g/mol. The molecule has 5 heteroatoms. The fraction of sp³-hybridized carbons (Fsp3) is 0.727. The molecule has 1 aliphatic rings. The van der Waals surface area contributed by atoms with Gasteiger partial charge in [-0.1, -0.05) is 6.08 Å². The molecule has 4 atom stereocenters. The zero-order valence-corrected chi connectivity index (χ0v) is 9.67. The van der Waals surface area contributed by atoms with Crippen molar-refractivity contribution in [2.75, 3.05) is 6.54 Å². The van der Waals surface area contributed by atoms with Crippen molar-refractivity contribution in [3.8, 4) is 0 Å². The van der Waals surface area contributed by atoms with E-state index in [4.69, 9.17) is 4.74 Å². The van der Waals surface area contributed by atoms with Crippen molar-refractivity contribution in [3.63, 3.8) is 0 Å². The number of carbonyl (C=O) groups excluding carboxylic acids is 1. The van der Waals surface area contributed by atoms with Gasteiger partial charge in [0.15, 0.2) is 0 Å². The maximum Gasteiger partial charge on any atom is 0.221 e. The molecule has 1 heterocycles. The highest BCUT2D eigenvalue weighted by Gasteiger charge is 2.37. The summed E-state index contributed by atoms with van der Waals surface area (Å²) in [5.74, 6) is -0.138. The number of nitrogens with zero attached hydrogens (tertiary/aromatic N) is 1. The van der Waals surface area contributed by atoms with E-state index in [1.54, 1.807) is 13.0 Å². The Labute approximate surface area is 95.3 Å². The van der Waals surface area contributed by atoms with Crippen LogP contribution in [0.2, 0.25) is 0 Å². The second kappa shape index (κ2) is 5.43. The van der Waals surface area contributed by atoms with Crippen LogP contribution in [0.15, 0.2) is 12.7 Å². The number of hydrogen-bond donors (Lipinski definition) is 2. The Morgan fingerprint density at radius 1 is 1.62 bits per heavy atom. The number of aliphatic hydroxyl groups excluding tert-OH is 2. The summed E-state index contributed by atoms with van der Waals surface area (Å²) in [7, 11) is 0. The van der Waals surface area contributed by atoms with E-state index in [0.717, 1.165) is 0 Å². The van der Waals surface area contributed by atoms with Crippen molar-refractivity contribution in [3.05, 3.63) is 12.7 Å². The van der Waals surface area contributed by atoms with Crippen LogP contribution >= 0.6 is 0 Å². The van der Waals surface area contributed by atoms with Crippen molar-refractivity contribution in [2.24, 2.45) is 0 Å². The van der Waals surface area contributed by atoms with Crippen LogP contribution in [0.5, 0.6) is 0 Å². The van der Waals surface area contributed by atoms with Crippen molar-refractivity contribution in [1.82, 2.24) is 4.90 Å². The molecule has 1 amide bonds. The minimum atomic E-state index is -0.895. The molecular formula is C11H19NO4. The fourth-order valence-electron chi connectivity index (χ4n) is 1.83. The summed E-state index contributed by atoms with van der Waals surface area (Å²) in [5.41, 5.74) is 0. The Hall–Kier alpha value is -0.910. The molecule has 0 radical (unpaired) electrons. The zero-order chi connectivity index (χ0) is 12.3. The summed E-state index contributed by atoms with van der Waals surface area (Å²) in [6, 6.07) is 0. The third kappa shape index (κ3) is 2.81. The lowest BCUT2D eigenvalue weighted by molar-refractivity contribution is -0.203. The van der Waals surface area contributed by atoms with Gasteiger partial charge in [0.1, 0.15) is 12.3 Å². The summed E-state index contributed by atoms with van der Waals surface area (Å²) in [6.45, 7) is 7.05. The van der Waals surface area contributed by atoms with E-state index >= 15 is 0 Å². The topological polar surface area (TPSA) is 70.0 Å². The number of aliphatic hydroxyl groups is 2.